The third-order valence-electron chi connectivity index (χ3n) is 2.70. The molecule has 0 fully saturated rings. The van der Waals surface area contributed by atoms with Crippen LogP contribution in [0, 0.1) is 5.82 Å². The van der Waals surface area contributed by atoms with Gasteiger partial charge in [0.15, 0.2) is 11.6 Å². The highest BCUT2D eigenvalue weighted by atomic mass is 19.4. The van der Waals surface area contributed by atoms with Gasteiger partial charge in [0.25, 0.3) is 0 Å². The Hall–Kier alpha value is -2.18. The van der Waals surface area contributed by atoms with Crippen LogP contribution in [0.25, 0.3) is 11.1 Å². The van der Waals surface area contributed by atoms with Crippen LogP contribution in [0.5, 0.6) is 5.75 Å². The maximum absolute atomic E-state index is 14.0. The van der Waals surface area contributed by atoms with Crippen molar-refractivity contribution >= 4 is 0 Å². The predicted octanol–water partition coefficient (Wildman–Crippen LogP) is 5.11. The molecule has 112 valence electrons. The summed E-state index contributed by atoms with van der Waals surface area (Å²) in [6, 6.07) is 7.24. The molecule has 0 amide bonds. The first-order valence-corrected chi connectivity index (χ1v) is 5.70. The fourth-order valence-electron chi connectivity index (χ4n) is 1.76. The van der Waals surface area contributed by atoms with Crippen LogP contribution in [0.15, 0.2) is 42.5 Å². The highest BCUT2D eigenvalue weighted by Gasteiger charge is 2.30. The van der Waals surface area contributed by atoms with E-state index in [2.05, 4.69) is 4.74 Å². The number of hydrogen-bond donors (Lipinski definition) is 0. The summed E-state index contributed by atoms with van der Waals surface area (Å²) in [5.41, 5.74) is -0.881. The molecule has 21 heavy (non-hydrogen) atoms. The van der Waals surface area contributed by atoms with Crippen molar-refractivity contribution in [3.8, 4) is 16.9 Å². The predicted molar refractivity (Wildman–Crippen MR) is 63.5 cm³/mol. The molecule has 0 saturated carbocycles. The second-order valence-electron chi connectivity index (χ2n) is 4.07. The van der Waals surface area contributed by atoms with Gasteiger partial charge in [-0.2, -0.15) is 22.0 Å². The number of benzene rings is 2. The minimum absolute atomic E-state index is 0.123. The number of alkyl halides is 5. The van der Waals surface area contributed by atoms with Crippen molar-refractivity contribution in [2.45, 2.75) is 12.8 Å². The van der Waals surface area contributed by atoms with E-state index < -0.39 is 29.9 Å². The normalized spacial score (nSPS) is 11.8. The maximum atomic E-state index is 14.0. The van der Waals surface area contributed by atoms with Gasteiger partial charge >= 0.3 is 12.8 Å². The molecule has 0 spiro atoms. The molecule has 2 rings (SSSR count). The minimum Gasteiger partial charge on any atom is -0.432 e. The van der Waals surface area contributed by atoms with E-state index in [1.54, 1.807) is 0 Å². The van der Waals surface area contributed by atoms with Gasteiger partial charge in [0.2, 0.25) is 0 Å². The standard InChI is InChI=1S/C14H8F6O/c15-12-10(2-1-3-11(12)21-13(16)17)8-4-6-9(7-5-8)14(18,19)20/h1-7,13H. The molecule has 0 aliphatic rings. The van der Waals surface area contributed by atoms with E-state index in [1.165, 1.54) is 12.1 Å². The Morgan fingerprint density at radius 1 is 0.905 bits per heavy atom. The average Bonchev–Trinajstić information content (AvgIpc) is 2.40. The monoisotopic (exact) mass is 306 g/mol. The Morgan fingerprint density at radius 3 is 2.05 bits per heavy atom. The largest absolute Gasteiger partial charge is 0.432 e. The van der Waals surface area contributed by atoms with Crippen molar-refractivity contribution in [1.29, 1.82) is 0 Å². The second kappa shape index (κ2) is 5.67. The zero-order chi connectivity index (χ0) is 15.6. The zero-order valence-corrected chi connectivity index (χ0v) is 10.3. The van der Waals surface area contributed by atoms with Crippen LogP contribution in [0.2, 0.25) is 0 Å². The molecular weight excluding hydrogens is 298 g/mol. The fraction of sp³-hybridized carbons (Fsp3) is 0.143. The molecule has 1 nitrogen and oxygen atoms in total. The van der Waals surface area contributed by atoms with E-state index in [0.717, 1.165) is 30.3 Å². The van der Waals surface area contributed by atoms with E-state index in [4.69, 9.17) is 0 Å². The SMILES string of the molecule is Fc1c(OC(F)F)cccc1-c1ccc(C(F)(F)F)cc1. The third kappa shape index (κ3) is 3.48. The lowest BCUT2D eigenvalue weighted by Gasteiger charge is -2.11. The number of ether oxygens (including phenoxy) is 1. The zero-order valence-electron chi connectivity index (χ0n) is 10.3. The van der Waals surface area contributed by atoms with Gasteiger partial charge in [-0.25, -0.2) is 4.39 Å². The minimum atomic E-state index is -4.50. The number of rotatable bonds is 3. The first kappa shape index (κ1) is 15.2. The van der Waals surface area contributed by atoms with Gasteiger partial charge in [0, 0.05) is 5.56 Å². The summed E-state index contributed by atoms with van der Waals surface area (Å²) in [4.78, 5) is 0. The molecule has 0 saturated heterocycles. The van der Waals surface area contributed by atoms with Gasteiger partial charge < -0.3 is 4.74 Å². The summed E-state index contributed by atoms with van der Waals surface area (Å²) in [5.74, 6) is -1.72. The lowest BCUT2D eigenvalue weighted by Crippen LogP contribution is -2.05. The van der Waals surface area contributed by atoms with Crippen LogP contribution in [-0.2, 0) is 6.18 Å². The molecule has 0 aromatic heterocycles. The summed E-state index contributed by atoms with van der Waals surface area (Å²) in [7, 11) is 0. The number of hydrogen-bond acceptors (Lipinski definition) is 1. The van der Waals surface area contributed by atoms with Crippen LogP contribution in [0.1, 0.15) is 5.56 Å². The molecule has 0 N–H and O–H groups in total. The van der Waals surface area contributed by atoms with Crippen molar-refractivity contribution in [3.63, 3.8) is 0 Å². The Morgan fingerprint density at radius 2 is 1.52 bits per heavy atom. The van der Waals surface area contributed by atoms with Crippen LogP contribution in [-0.4, -0.2) is 6.61 Å². The van der Waals surface area contributed by atoms with Gasteiger partial charge in [0.05, 0.1) is 5.56 Å². The molecule has 2 aromatic rings. The summed E-state index contributed by atoms with van der Waals surface area (Å²) < 4.78 is 79.5. The van der Waals surface area contributed by atoms with E-state index in [1.807, 2.05) is 0 Å². The number of halogens is 6. The smallest absolute Gasteiger partial charge is 0.416 e. The summed E-state index contributed by atoms with van der Waals surface area (Å²) in [5, 5.41) is 0. The van der Waals surface area contributed by atoms with Crippen LogP contribution in [0.4, 0.5) is 26.3 Å². The summed E-state index contributed by atoms with van der Waals surface area (Å²) in [6.45, 7) is -3.19. The first-order chi connectivity index (χ1) is 9.79. The van der Waals surface area contributed by atoms with E-state index in [0.29, 0.717) is 0 Å². The second-order valence-corrected chi connectivity index (χ2v) is 4.07. The van der Waals surface area contributed by atoms with Gasteiger partial charge in [-0.1, -0.05) is 24.3 Å². The van der Waals surface area contributed by atoms with Crippen molar-refractivity contribution < 1.29 is 31.1 Å². The van der Waals surface area contributed by atoms with Crippen molar-refractivity contribution in [2.24, 2.45) is 0 Å². The van der Waals surface area contributed by atoms with Crippen LogP contribution >= 0.6 is 0 Å². The highest BCUT2D eigenvalue weighted by Crippen LogP contribution is 2.33. The summed E-state index contributed by atoms with van der Waals surface area (Å²) >= 11 is 0. The molecule has 0 heterocycles. The molecule has 0 aliphatic heterocycles. The quantitative estimate of drug-likeness (QED) is 0.716. The van der Waals surface area contributed by atoms with Crippen LogP contribution < -0.4 is 4.74 Å². The Bertz CT molecular complexity index is 618. The van der Waals surface area contributed by atoms with Crippen LogP contribution in [0.3, 0.4) is 0 Å². The highest BCUT2D eigenvalue weighted by molar-refractivity contribution is 5.66. The lowest BCUT2D eigenvalue weighted by molar-refractivity contribution is -0.137. The first-order valence-electron chi connectivity index (χ1n) is 5.70. The van der Waals surface area contributed by atoms with Gasteiger partial charge in [0.1, 0.15) is 0 Å². The van der Waals surface area contributed by atoms with Gasteiger partial charge in [-0.05, 0) is 23.8 Å². The molecule has 0 unspecified atom stereocenters. The molecule has 0 aliphatic carbocycles. The Balaban J connectivity index is 2.38. The fourth-order valence-corrected chi connectivity index (χ4v) is 1.76. The molecule has 2 aromatic carbocycles. The van der Waals surface area contributed by atoms with Gasteiger partial charge in [-0.3, -0.25) is 0 Å². The molecular formula is C14H8F6O. The molecule has 0 bridgehead atoms. The Kier molecular flexibility index (Phi) is 4.11. The summed E-state index contributed by atoms with van der Waals surface area (Å²) in [6.07, 6.45) is -4.50. The maximum Gasteiger partial charge on any atom is 0.416 e. The van der Waals surface area contributed by atoms with Gasteiger partial charge in [-0.15, -0.1) is 0 Å². The van der Waals surface area contributed by atoms with Crippen molar-refractivity contribution in [2.75, 3.05) is 0 Å². The topological polar surface area (TPSA) is 9.23 Å². The molecule has 0 radical (unpaired) electrons. The Labute approximate surface area is 115 Å². The molecule has 0 atom stereocenters. The van der Waals surface area contributed by atoms with E-state index in [-0.39, 0.29) is 11.1 Å². The third-order valence-corrected chi connectivity index (χ3v) is 2.70. The lowest BCUT2D eigenvalue weighted by atomic mass is 10.0. The van der Waals surface area contributed by atoms with Crippen molar-refractivity contribution in [3.05, 3.63) is 53.8 Å². The van der Waals surface area contributed by atoms with E-state index in [9.17, 15) is 26.3 Å². The average molecular weight is 306 g/mol. The van der Waals surface area contributed by atoms with E-state index >= 15 is 0 Å². The molecule has 7 heteroatoms. The van der Waals surface area contributed by atoms with Crippen molar-refractivity contribution in [1.82, 2.24) is 0 Å².